The fourth-order valence-corrected chi connectivity index (χ4v) is 3.47. The van der Waals surface area contributed by atoms with E-state index in [1.54, 1.807) is 0 Å². The minimum atomic E-state index is -3.83. The predicted molar refractivity (Wildman–Crippen MR) is 81.4 cm³/mol. The quantitative estimate of drug-likeness (QED) is 0.814. The second-order valence-corrected chi connectivity index (χ2v) is 7.16. The van der Waals surface area contributed by atoms with Crippen LogP contribution in [0.4, 0.5) is 10.1 Å². The van der Waals surface area contributed by atoms with Crippen molar-refractivity contribution in [2.24, 2.45) is 0 Å². The molecule has 20 heavy (non-hydrogen) atoms. The van der Waals surface area contributed by atoms with Crippen molar-refractivity contribution in [1.29, 1.82) is 0 Å². The Morgan fingerprint density at radius 1 is 1.05 bits per heavy atom. The van der Waals surface area contributed by atoms with Crippen molar-refractivity contribution in [3.63, 3.8) is 0 Å². The van der Waals surface area contributed by atoms with Gasteiger partial charge in [0.15, 0.2) is 0 Å². The van der Waals surface area contributed by atoms with E-state index in [0.29, 0.717) is 4.47 Å². The summed E-state index contributed by atoms with van der Waals surface area (Å²) in [7, 11) is -3.83. The van der Waals surface area contributed by atoms with E-state index >= 15 is 0 Å². The van der Waals surface area contributed by atoms with E-state index in [-0.39, 0.29) is 20.6 Å². The molecule has 0 aliphatic heterocycles. The SMILES string of the molecule is O=S(=O)(Nc1ccc(F)cc1Br)c1ccc(Cl)c(Cl)c1. The van der Waals surface area contributed by atoms with Gasteiger partial charge in [-0.3, -0.25) is 4.72 Å². The lowest BCUT2D eigenvalue weighted by Crippen LogP contribution is -2.13. The van der Waals surface area contributed by atoms with Crippen LogP contribution in [0.1, 0.15) is 0 Å². The molecule has 0 bridgehead atoms. The van der Waals surface area contributed by atoms with Crippen LogP contribution in [-0.2, 0) is 10.0 Å². The normalized spacial score (nSPS) is 11.4. The van der Waals surface area contributed by atoms with Crippen molar-refractivity contribution in [3.8, 4) is 0 Å². The van der Waals surface area contributed by atoms with Crippen LogP contribution in [0.3, 0.4) is 0 Å². The molecule has 0 saturated carbocycles. The van der Waals surface area contributed by atoms with E-state index in [9.17, 15) is 12.8 Å². The molecule has 0 radical (unpaired) electrons. The average molecular weight is 399 g/mol. The fraction of sp³-hybridized carbons (Fsp3) is 0. The van der Waals surface area contributed by atoms with E-state index in [0.717, 1.165) is 12.1 Å². The number of sulfonamides is 1. The molecule has 3 nitrogen and oxygen atoms in total. The molecule has 8 heteroatoms. The fourth-order valence-electron chi connectivity index (χ4n) is 1.42. The molecule has 0 heterocycles. The Labute approximate surface area is 133 Å². The Morgan fingerprint density at radius 2 is 1.75 bits per heavy atom. The molecule has 1 N–H and O–H groups in total. The minimum Gasteiger partial charge on any atom is -0.278 e. The van der Waals surface area contributed by atoms with Gasteiger partial charge < -0.3 is 0 Å². The number of anilines is 1. The third kappa shape index (κ3) is 3.44. The number of hydrogen-bond donors (Lipinski definition) is 1. The Hall–Kier alpha value is -0.820. The maximum atomic E-state index is 13.0. The highest BCUT2D eigenvalue weighted by Crippen LogP contribution is 2.28. The highest BCUT2D eigenvalue weighted by atomic mass is 79.9. The van der Waals surface area contributed by atoms with Crippen molar-refractivity contribution in [3.05, 3.63) is 56.7 Å². The largest absolute Gasteiger partial charge is 0.278 e. The van der Waals surface area contributed by atoms with Crippen LogP contribution in [0.5, 0.6) is 0 Å². The third-order valence-electron chi connectivity index (χ3n) is 2.38. The van der Waals surface area contributed by atoms with Gasteiger partial charge in [0, 0.05) is 4.47 Å². The summed E-state index contributed by atoms with van der Waals surface area (Å²) in [6.07, 6.45) is 0. The first-order valence-electron chi connectivity index (χ1n) is 5.22. The Morgan fingerprint density at radius 3 is 2.35 bits per heavy atom. The monoisotopic (exact) mass is 397 g/mol. The Balaban J connectivity index is 2.38. The van der Waals surface area contributed by atoms with E-state index < -0.39 is 15.8 Å². The van der Waals surface area contributed by atoms with Crippen LogP contribution in [0.15, 0.2) is 45.8 Å². The first kappa shape index (κ1) is 15.6. The third-order valence-corrected chi connectivity index (χ3v) is 5.14. The van der Waals surface area contributed by atoms with Crippen LogP contribution < -0.4 is 4.72 Å². The van der Waals surface area contributed by atoms with Crippen LogP contribution in [-0.4, -0.2) is 8.42 Å². The lowest BCUT2D eigenvalue weighted by Gasteiger charge is -2.10. The first-order valence-corrected chi connectivity index (χ1v) is 8.26. The minimum absolute atomic E-state index is 0.0388. The van der Waals surface area contributed by atoms with E-state index in [2.05, 4.69) is 20.7 Å². The van der Waals surface area contributed by atoms with Gasteiger partial charge >= 0.3 is 0 Å². The number of hydrogen-bond acceptors (Lipinski definition) is 2. The smallest absolute Gasteiger partial charge is 0.261 e. The van der Waals surface area contributed by atoms with E-state index in [4.69, 9.17) is 23.2 Å². The summed E-state index contributed by atoms with van der Waals surface area (Å²) in [5.41, 5.74) is 0.220. The second kappa shape index (κ2) is 5.89. The van der Waals surface area contributed by atoms with Gasteiger partial charge in [-0.1, -0.05) is 23.2 Å². The highest BCUT2D eigenvalue weighted by Gasteiger charge is 2.17. The molecule has 0 atom stereocenters. The summed E-state index contributed by atoms with van der Waals surface area (Å²) in [5.74, 6) is -0.477. The second-order valence-electron chi connectivity index (χ2n) is 3.81. The Bertz CT molecular complexity index is 768. The van der Waals surface area contributed by atoms with Crippen LogP contribution in [0.2, 0.25) is 10.0 Å². The lowest BCUT2D eigenvalue weighted by molar-refractivity contribution is 0.601. The zero-order valence-corrected chi connectivity index (χ0v) is 13.6. The summed E-state index contributed by atoms with van der Waals surface area (Å²) < 4.78 is 39.9. The highest BCUT2D eigenvalue weighted by molar-refractivity contribution is 9.10. The number of benzene rings is 2. The van der Waals surface area contributed by atoms with E-state index in [1.165, 1.54) is 24.3 Å². The van der Waals surface area contributed by atoms with Crippen molar-refractivity contribution >= 4 is 54.8 Å². The summed E-state index contributed by atoms with van der Waals surface area (Å²) >= 11 is 14.6. The zero-order chi connectivity index (χ0) is 14.9. The molecule has 0 fully saturated rings. The topological polar surface area (TPSA) is 46.2 Å². The van der Waals surface area contributed by atoms with Gasteiger partial charge in [-0.2, -0.15) is 0 Å². The molecular formula is C12H7BrCl2FNO2S. The van der Waals surface area contributed by atoms with Crippen LogP contribution >= 0.6 is 39.1 Å². The molecular weight excluding hydrogens is 392 g/mol. The van der Waals surface area contributed by atoms with Crippen LogP contribution in [0.25, 0.3) is 0 Å². The van der Waals surface area contributed by atoms with Gasteiger partial charge in [-0.05, 0) is 52.3 Å². The number of halogens is 4. The number of rotatable bonds is 3. The number of nitrogens with one attached hydrogen (secondary N) is 1. The van der Waals surface area contributed by atoms with Crippen molar-refractivity contribution in [1.82, 2.24) is 0 Å². The Kier molecular flexibility index (Phi) is 4.59. The molecule has 0 saturated heterocycles. The summed E-state index contributed by atoms with van der Waals surface area (Å²) in [5, 5.41) is 0.390. The van der Waals surface area contributed by atoms with Crippen molar-refractivity contribution in [2.45, 2.75) is 4.90 Å². The van der Waals surface area contributed by atoms with Gasteiger partial charge in [0.05, 0.1) is 20.6 Å². The maximum Gasteiger partial charge on any atom is 0.261 e. The zero-order valence-electron chi connectivity index (χ0n) is 9.70. The molecule has 106 valence electrons. The van der Waals surface area contributed by atoms with Crippen molar-refractivity contribution in [2.75, 3.05) is 4.72 Å². The molecule has 0 aliphatic carbocycles. The summed E-state index contributed by atoms with van der Waals surface area (Å²) in [6.45, 7) is 0. The van der Waals surface area contributed by atoms with E-state index in [1.807, 2.05) is 0 Å². The van der Waals surface area contributed by atoms with Gasteiger partial charge in [0.25, 0.3) is 10.0 Å². The predicted octanol–water partition coefficient (Wildman–Crippen LogP) is 4.70. The standard InChI is InChI=1S/C12H7BrCl2FNO2S/c13-9-5-7(16)1-4-12(9)17-20(18,19)8-2-3-10(14)11(15)6-8/h1-6,17H. The molecule has 0 aliphatic rings. The molecule has 2 rings (SSSR count). The van der Waals surface area contributed by atoms with Gasteiger partial charge in [0.1, 0.15) is 5.82 Å². The van der Waals surface area contributed by atoms with Gasteiger partial charge in [-0.15, -0.1) is 0 Å². The molecule has 0 unspecified atom stereocenters. The molecule has 2 aromatic carbocycles. The van der Waals surface area contributed by atoms with Gasteiger partial charge in [-0.25, -0.2) is 12.8 Å². The molecule has 0 aromatic heterocycles. The summed E-state index contributed by atoms with van der Waals surface area (Å²) in [4.78, 5) is -0.0388. The van der Waals surface area contributed by atoms with Crippen molar-refractivity contribution < 1.29 is 12.8 Å². The van der Waals surface area contributed by atoms with Gasteiger partial charge in [0.2, 0.25) is 0 Å². The lowest BCUT2D eigenvalue weighted by atomic mass is 10.3. The van der Waals surface area contributed by atoms with Crippen LogP contribution in [0, 0.1) is 5.82 Å². The molecule has 2 aromatic rings. The molecule has 0 spiro atoms. The summed E-state index contributed by atoms with van der Waals surface area (Å²) in [6, 6.07) is 7.58. The maximum absolute atomic E-state index is 13.0. The average Bonchev–Trinajstić information content (AvgIpc) is 2.36. The molecule has 0 amide bonds. The first-order chi connectivity index (χ1) is 9.29.